The molecule has 0 aromatic carbocycles. The Morgan fingerprint density at radius 3 is 1.03 bits per heavy atom. The summed E-state index contributed by atoms with van der Waals surface area (Å²) in [7, 11) is -2.10. The fourth-order valence-electron chi connectivity index (χ4n) is 4.73. The van der Waals surface area contributed by atoms with Crippen LogP contribution in [0.3, 0.4) is 0 Å². The number of nitrogens with zero attached hydrogens (tertiary/aromatic N) is 6. The molecule has 0 bridgehead atoms. The maximum Gasteiger partial charge on any atom is 0.228 e. The van der Waals surface area contributed by atoms with E-state index in [1.165, 1.54) is 17.1 Å². The molecule has 3 heterocycles. The summed E-state index contributed by atoms with van der Waals surface area (Å²) < 4.78 is 6.90. The lowest BCUT2D eigenvalue weighted by molar-refractivity contribution is 0.191. The largest absolute Gasteiger partial charge is 0.228 e. The first-order valence-corrected chi connectivity index (χ1v) is 16.0. The summed E-state index contributed by atoms with van der Waals surface area (Å²) in [5.41, 5.74) is 6.54. The maximum atomic E-state index is 5.24. The fourth-order valence-corrected chi connectivity index (χ4v) is 7.22. The minimum atomic E-state index is -2.10. The van der Waals surface area contributed by atoms with Crippen molar-refractivity contribution < 1.29 is 0 Å². The number of aromatic nitrogens is 6. The zero-order valence-corrected chi connectivity index (χ0v) is 22.7. The molecular formula is C25H42N6Si. The third-order valence-corrected chi connectivity index (χ3v) is 9.21. The van der Waals surface area contributed by atoms with Gasteiger partial charge in [-0.15, -0.1) is 0 Å². The van der Waals surface area contributed by atoms with Gasteiger partial charge in [-0.2, -0.15) is 15.3 Å². The average molecular weight is 455 g/mol. The molecule has 0 aliphatic rings. The van der Waals surface area contributed by atoms with Gasteiger partial charge in [0.05, 0.1) is 17.1 Å². The predicted molar refractivity (Wildman–Crippen MR) is 135 cm³/mol. The van der Waals surface area contributed by atoms with Gasteiger partial charge < -0.3 is 0 Å². The molecule has 0 saturated carbocycles. The normalized spacial score (nSPS) is 12.7. The minimum absolute atomic E-state index is 0.594. The molecule has 0 radical (unpaired) electrons. The van der Waals surface area contributed by atoms with E-state index in [0.29, 0.717) is 0 Å². The molecule has 0 spiro atoms. The van der Waals surface area contributed by atoms with Gasteiger partial charge in [-0.05, 0) is 56.7 Å². The van der Waals surface area contributed by atoms with E-state index in [9.17, 15) is 0 Å². The summed E-state index contributed by atoms with van der Waals surface area (Å²) in [4.78, 5) is 0. The van der Waals surface area contributed by atoms with Crippen LogP contribution in [0.15, 0.2) is 18.2 Å². The van der Waals surface area contributed by atoms with Crippen LogP contribution < -0.4 is 0 Å². The molecule has 3 aromatic rings. The van der Waals surface area contributed by atoms with Crippen LogP contribution in [0.25, 0.3) is 0 Å². The van der Waals surface area contributed by atoms with Crippen molar-refractivity contribution in [1.29, 1.82) is 0 Å². The van der Waals surface area contributed by atoms with Crippen molar-refractivity contribution in [2.75, 3.05) is 0 Å². The van der Waals surface area contributed by atoms with E-state index < -0.39 is 13.5 Å². The Labute approximate surface area is 195 Å². The van der Waals surface area contributed by atoms with E-state index >= 15 is 0 Å². The van der Waals surface area contributed by atoms with Crippen LogP contribution in [0.2, 0.25) is 19.6 Å². The van der Waals surface area contributed by atoms with Gasteiger partial charge in [0.2, 0.25) is 5.41 Å². The first-order valence-electron chi connectivity index (χ1n) is 12.5. The van der Waals surface area contributed by atoms with Crippen LogP contribution in [-0.4, -0.2) is 37.4 Å². The number of hydrogen-bond donors (Lipinski definition) is 0. The maximum absolute atomic E-state index is 5.24. The Hall–Kier alpha value is -2.15. The Morgan fingerprint density at radius 1 is 0.562 bits per heavy atom. The zero-order valence-electron chi connectivity index (χ0n) is 21.7. The van der Waals surface area contributed by atoms with E-state index in [4.69, 9.17) is 15.3 Å². The SMILES string of the molecule is CCc1cc(CC)n(C(n2nc(CC)cc2CC)(n2nc(CC)cc2CC)[Si](C)(C)C)n1. The molecule has 0 aliphatic heterocycles. The lowest BCUT2D eigenvalue weighted by atomic mass is 10.2. The topological polar surface area (TPSA) is 53.5 Å². The molecule has 0 amide bonds. The van der Waals surface area contributed by atoms with E-state index in [2.05, 4.69) is 93.4 Å². The van der Waals surface area contributed by atoms with E-state index in [1.54, 1.807) is 0 Å². The van der Waals surface area contributed by atoms with E-state index in [1.807, 2.05) is 0 Å². The van der Waals surface area contributed by atoms with Crippen molar-refractivity contribution in [1.82, 2.24) is 29.3 Å². The van der Waals surface area contributed by atoms with Crippen molar-refractivity contribution in [2.45, 2.75) is 105 Å². The molecule has 7 heteroatoms. The zero-order chi connectivity index (χ0) is 23.7. The summed E-state index contributed by atoms with van der Waals surface area (Å²) in [6, 6.07) is 6.84. The highest BCUT2D eigenvalue weighted by atomic mass is 28.3. The Morgan fingerprint density at radius 2 is 0.844 bits per heavy atom. The van der Waals surface area contributed by atoms with Gasteiger partial charge in [0.15, 0.2) is 0 Å². The van der Waals surface area contributed by atoms with Crippen molar-refractivity contribution in [3.05, 3.63) is 52.4 Å². The molecule has 3 aromatic heterocycles. The van der Waals surface area contributed by atoms with Crippen LogP contribution in [0.5, 0.6) is 0 Å². The van der Waals surface area contributed by atoms with Gasteiger partial charge in [0.25, 0.3) is 0 Å². The second-order valence-corrected chi connectivity index (χ2v) is 14.8. The van der Waals surface area contributed by atoms with E-state index in [-0.39, 0.29) is 0 Å². The van der Waals surface area contributed by atoms with Gasteiger partial charge in [-0.3, -0.25) is 0 Å². The summed E-state index contributed by atoms with van der Waals surface area (Å²) >= 11 is 0. The predicted octanol–water partition coefficient (Wildman–Crippen LogP) is 5.23. The summed E-state index contributed by atoms with van der Waals surface area (Å²) in [6.07, 6.45) is 5.52. The molecule has 32 heavy (non-hydrogen) atoms. The number of rotatable bonds is 10. The standard InChI is InChI=1S/C25H42N6Si/c1-10-19-16-22(13-4)29(26-19)25(32(7,8)9,30-23(14-5)17-20(11-2)27-30)31-24(15-6)18-21(12-3)28-31/h16-18H,10-15H2,1-9H3. The third-order valence-electron chi connectivity index (χ3n) is 6.57. The van der Waals surface area contributed by atoms with Gasteiger partial charge in [0.1, 0.15) is 8.07 Å². The molecule has 0 atom stereocenters. The van der Waals surface area contributed by atoms with Crippen molar-refractivity contribution in [3.63, 3.8) is 0 Å². The molecular weight excluding hydrogens is 412 g/mol. The van der Waals surface area contributed by atoms with Crippen molar-refractivity contribution in [3.8, 4) is 0 Å². The van der Waals surface area contributed by atoms with Crippen molar-refractivity contribution >= 4 is 8.07 Å². The third kappa shape index (κ3) is 3.78. The lowest BCUT2D eigenvalue weighted by Gasteiger charge is -2.46. The van der Waals surface area contributed by atoms with Gasteiger partial charge in [-0.1, -0.05) is 61.2 Å². The van der Waals surface area contributed by atoms with Gasteiger partial charge in [0, 0.05) is 17.1 Å². The van der Waals surface area contributed by atoms with Gasteiger partial charge >= 0.3 is 0 Å². The Balaban J connectivity index is 2.57. The molecule has 6 nitrogen and oxygen atoms in total. The van der Waals surface area contributed by atoms with Crippen LogP contribution in [0, 0.1) is 0 Å². The highest BCUT2D eigenvalue weighted by molar-refractivity contribution is 6.78. The minimum Gasteiger partial charge on any atom is -0.225 e. The molecule has 3 rings (SSSR count). The molecule has 0 fully saturated rings. The molecule has 0 N–H and O–H groups in total. The van der Waals surface area contributed by atoms with E-state index in [0.717, 1.165) is 55.6 Å². The number of hydrogen-bond acceptors (Lipinski definition) is 3. The Bertz CT molecular complexity index is 927. The summed E-state index contributed by atoms with van der Waals surface area (Å²) in [6.45, 7) is 20.5. The highest BCUT2D eigenvalue weighted by Crippen LogP contribution is 2.37. The average Bonchev–Trinajstić information content (AvgIpc) is 3.50. The number of aryl methyl sites for hydroxylation is 6. The lowest BCUT2D eigenvalue weighted by Crippen LogP contribution is -2.66. The Kier molecular flexibility index (Phi) is 7.17. The van der Waals surface area contributed by atoms with Crippen LogP contribution in [-0.2, 0) is 43.9 Å². The van der Waals surface area contributed by atoms with Crippen LogP contribution in [0.1, 0.15) is 75.7 Å². The second kappa shape index (κ2) is 9.38. The fraction of sp³-hybridized carbons (Fsp3) is 0.640. The smallest absolute Gasteiger partial charge is 0.225 e. The van der Waals surface area contributed by atoms with Crippen LogP contribution in [0.4, 0.5) is 0 Å². The second-order valence-electron chi connectivity index (χ2n) is 9.62. The molecule has 0 saturated heterocycles. The van der Waals surface area contributed by atoms with Crippen molar-refractivity contribution in [2.24, 2.45) is 0 Å². The highest BCUT2D eigenvalue weighted by Gasteiger charge is 2.54. The molecule has 176 valence electrons. The van der Waals surface area contributed by atoms with Crippen LogP contribution >= 0.6 is 0 Å². The van der Waals surface area contributed by atoms with Gasteiger partial charge in [-0.25, -0.2) is 14.0 Å². The molecule has 0 unspecified atom stereocenters. The summed E-state index contributed by atoms with van der Waals surface area (Å²) in [5.74, 6) is 0. The first-order chi connectivity index (χ1) is 15.2. The molecule has 0 aliphatic carbocycles. The summed E-state index contributed by atoms with van der Waals surface area (Å²) in [5, 5.41) is 15.7. The quantitative estimate of drug-likeness (QED) is 0.394. The first kappa shape index (κ1) is 24.5. The monoisotopic (exact) mass is 454 g/mol.